The molecule has 1 aliphatic rings. The molecule has 0 saturated carbocycles. The summed E-state index contributed by atoms with van der Waals surface area (Å²) in [6, 6.07) is 8.74. The van der Waals surface area contributed by atoms with Crippen molar-refractivity contribution in [2.75, 3.05) is 38.6 Å². The minimum atomic E-state index is 0.868. The van der Waals surface area contributed by atoms with E-state index in [0.29, 0.717) is 0 Å². The maximum atomic E-state index is 3.59. The lowest BCUT2D eigenvalue weighted by Gasteiger charge is -2.35. The van der Waals surface area contributed by atoms with E-state index in [1.54, 1.807) is 0 Å². The number of halogens is 1. The van der Waals surface area contributed by atoms with E-state index in [1.807, 2.05) is 0 Å². The van der Waals surface area contributed by atoms with Crippen LogP contribution in [0.2, 0.25) is 0 Å². The Kier molecular flexibility index (Phi) is 5.07. The Hall–Kier alpha value is -0.540. The number of piperidine rings is 1. The van der Waals surface area contributed by atoms with Crippen molar-refractivity contribution in [3.8, 4) is 0 Å². The molecule has 18 heavy (non-hydrogen) atoms. The van der Waals surface area contributed by atoms with Crippen LogP contribution in [0.3, 0.4) is 0 Å². The first-order chi connectivity index (χ1) is 8.70. The van der Waals surface area contributed by atoms with Crippen molar-refractivity contribution < 1.29 is 0 Å². The summed E-state index contributed by atoms with van der Waals surface area (Å²) in [4.78, 5) is 4.86. The highest BCUT2D eigenvalue weighted by Crippen LogP contribution is 2.27. The zero-order valence-corrected chi connectivity index (χ0v) is 13.0. The van der Waals surface area contributed by atoms with Crippen molar-refractivity contribution in [1.82, 2.24) is 4.90 Å². The fourth-order valence-corrected chi connectivity index (χ4v) is 3.28. The number of alkyl halides is 1. The molecule has 0 aliphatic carbocycles. The van der Waals surface area contributed by atoms with Gasteiger partial charge in [0.15, 0.2) is 0 Å². The molecular formula is C15H23BrN2. The second-order valence-electron chi connectivity index (χ2n) is 5.46. The third-order valence-electron chi connectivity index (χ3n) is 3.71. The maximum absolute atomic E-state index is 3.59. The Balaban J connectivity index is 1.97. The van der Waals surface area contributed by atoms with Gasteiger partial charge in [0.05, 0.1) is 0 Å². The van der Waals surface area contributed by atoms with Crippen LogP contribution in [0, 0.1) is 5.92 Å². The molecule has 0 bridgehead atoms. The molecule has 2 nitrogen and oxygen atoms in total. The fraction of sp³-hybridized carbons (Fsp3) is 0.600. The first-order valence-electron chi connectivity index (χ1n) is 6.74. The van der Waals surface area contributed by atoms with Gasteiger partial charge in [0, 0.05) is 30.7 Å². The summed E-state index contributed by atoms with van der Waals surface area (Å²) in [6.07, 6.45) is 2.63. The molecule has 2 rings (SSSR count). The average Bonchev–Trinajstić information content (AvgIpc) is 2.39. The summed E-state index contributed by atoms with van der Waals surface area (Å²) in [5.74, 6) is 0.868. The van der Waals surface area contributed by atoms with Crippen LogP contribution >= 0.6 is 15.9 Å². The van der Waals surface area contributed by atoms with Crippen LogP contribution in [0.15, 0.2) is 24.3 Å². The van der Waals surface area contributed by atoms with E-state index < -0.39 is 0 Å². The summed E-state index contributed by atoms with van der Waals surface area (Å²) in [6.45, 7) is 3.62. The Bertz CT molecular complexity index is 371. The summed E-state index contributed by atoms with van der Waals surface area (Å²) >= 11 is 3.59. The average molecular weight is 311 g/mol. The molecule has 3 heteroatoms. The van der Waals surface area contributed by atoms with Gasteiger partial charge in [-0.25, -0.2) is 0 Å². The van der Waals surface area contributed by atoms with E-state index in [-0.39, 0.29) is 0 Å². The van der Waals surface area contributed by atoms with Crippen LogP contribution in [0.1, 0.15) is 18.4 Å². The van der Waals surface area contributed by atoms with E-state index in [9.17, 15) is 0 Å². The number of rotatable bonds is 4. The molecule has 0 spiro atoms. The maximum Gasteiger partial charge on any atom is 0.0407 e. The summed E-state index contributed by atoms with van der Waals surface area (Å²) in [5.41, 5.74) is 2.82. The van der Waals surface area contributed by atoms with Gasteiger partial charge in [-0.1, -0.05) is 34.1 Å². The normalized spacial score (nSPS) is 17.4. The second-order valence-corrected chi connectivity index (χ2v) is 6.02. The molecule has 1 saturated heterocycles. The van der Waals surface area contributed by atoms with Crippen LogP contribution in [0.25, 0.3) is 0 Å². The smallest absolute Gasteiger partial charge is 0.0407 e. The van der Waals surface area contributed by atoms with Gasteiger partial charge in [-0.15, -0.1) is 0 Å². The first kappa shape index (κ1) is 13.9. The highest BCUT2D eigenvalue weighted by atomic mass is 79.9. The standard InChI is InChI=1S/C15H23BrN2/c1-17(2)12-13-7-9-18(10-8-13)15-6-4-3-5-14(15)11-16/h3-6,13H,7-12H2,1-2H3. The van der Waals surface area contributed by atoms with Crippen LogP contribution < -0.4 is 4.90 Å². The predicted octanol–water partition coefficient (Wildman–Crippen LogP) is 3.36. The van der Waals surface area contributed by atoms with Crippen molar-refractivity contribution in [1.29, 1.82) is 0 Å². The van der Waals surface area contributed by atoms with Gasteiger partial charge in [-0.3, -0.25) is 0 Å². The van der Waals surface area contributed by atoms with E-state index in [1.165, 1.54) is 43.7 Å². The Morgan fingerprint density at radius 3 is 2.50 bits per heavy atom. The number of nitrogens with zero attached hydrogens (tertiary/aromatic N) is 2. The number of para-hydroxylation sites is 1. The Morgan fingerprint density at radius 2 is 1.89 bits per heavy atom. The van der Waals surface area contributed by atoms with Crippen LogP contribution in [0.4, 0.5) is 5.69 Å². The largest absolute Gasteiger partial charge is 0.371 e. The molecule has 1 aliphatic heterocycles. The number of benzene rings is 1. The first-order valence-corrected chi connectivity index (χ1v) is 7.86. The third kappa shape index (κ3) is 3.48. The Labute approximate surface area is 119 Å². The van der Waals surface area contributed by atoms with Gasteiger partial charge in [-0.05, 0) is 44.5 Å². The summed E-state index contributed by atoms with van der Waals surface area (Å²) < 4.78 is 0. The minimum absolute atomic E-state index is 0.868. The molecule has 1 heterocycles. The highest BCUT2D eigenvalue weighted by molar-refractivity contribution is 9.08. The number of hydrogen-bond acceptors (Lipinski definition) is 2. The zero-order valence-electron chi connectivity index (χ0n) is 11.4. The molecule has 0 N–H and O–H groups in total. The summed E-state index contributed by atoms with van der Waals surface area (Å²) in [5, 5.41) is 0.945. The topological polar surface area (TPSA) is 6.48 Å². The molecule has 1 aromatic carbocycles. The zero-order chi connectivity index (χ0) is 13.0. The van der Waals surface area contributed by atoms with Crippen molar-refractivity contribution >= 4 is 21.6 Å². The van der Waals surface area contributed by atoms with E-state index in [0.717, 1.165) is 11.2 Å². The van der Waals surface area contributed by atoms with Crippen molar-refractivity contribution in [2.45, 2.75) is 18.2 Å². The van der Waals surface area contributed by atoms with E-state index >= 15 is 0 Å². The molecule has 0 unspecified atom stereocenters. The molecule has 0 atom stereocenters. The molecule has 1 fully saturated rings. The monoisotopic (exact) mass is 310 g/mol. The molecule has 0 amide bonds. The molecule has 0 aromatic heterocycles. The van der Waals surface area contributed by atoms with Gasteiger partial charge in [0.2, 0.25) is 0 Å². The minimum Gasteiger partial charge on any atom is -0.371 e. The molecule has 1 aromatic rings. The SMILES string of the molecule is CN(C)CC1CCN(c2ccccc2CBr)CC1. The van der Waals surface area contributed by atoms with Crippen molar-refractivity contribution in [2.24, 2.45) is 5.92 Å². The lowest BCUT2D eigenvalue weighted by Crippen LogP contribution is -2.37. The van der Waals surface area contributed by atoms with Gasteiger partial charge >= 0.3 is 0 Å². The summed E-state index contributed by atoms with van der Waals surface area (Å²) in [7, 11) is 4.35. The van der Waals surface area contributed by atoms with Crippen molar-refractivity contribution in [3.05, 3.63) is 29.8 Å². The van der Waals surface area contributed by atoms with Gasteiger partial charge in [0.1, 0.15) is 0 Å². The quantitative estimate of drug-likeness (QED) is 0.787. The second kappa shape index (κ2) is 6.58. The van der Waals surface area contributed by atoms with Crippen LogP contribution in [-0.4, -0.2) is 38.6 Å². The van der Waals surface area contributed by atoms with Gasteiger partial charge < -0.3 is 9.80 Å². The van der Waals surface area contributed by atoms with Gasteiger partial charge in [0.25, 0.3) is 0 Å². The molecule has 0 radical (unpaired) electrons. The molecule has 100 valence electrons. The highest BCUT2D eigenvalue weighted by Gasteiger charge is 2.20. The van der Waals surface area contributed by atoms with Gasteiger partial charge in [-0.2, -0.15) is 0 Å². The lowest BCUT2D eigenvalue weighted by atomic mass is 9.95. The predicted molar refractivity (Wildman–Crippen MR) is 82.6 cm³/mol. The fourth-order valence-electron chi connectivity index (χ4n) is 2.81. The van der Waals surface area contributed by atoms with Crippen LogP contribution in [-0.2, 0) is 5.33 Å². The van der Waals surface area contributed by atoms with E-state index in [4.69, 9.17) is 0 Å². The number of hydrogen-bond donors (Lipinski definition) is 0. The lowest BCUT2D eigenvalue weighted by molar-refractivity contribution is 0.285. The molecular weight excluding hydrogens is 288 g/mol. The number of anilines is 1. The Morgan fingerprint density at radius 1 is 1.22 bits per heavy atom. The third-order valence-corrected chi connectivity index (χ3v) is 4.32. The van der Waals surface area contributed by atoms with Crippen molar-refractivity contribution in [3.63, 3.8) is 0 Å². The van der Waals surface area contributed by atoms with Crippen LogP contribution in [0.5, 0.6) is 0 Å². The van der Waals surface area contributed by atoms with E-state index in [2.05, 4.69) is 64.1 Å².